The lowest BCUT2D eigenvalue weighted by Crippen LogP contribution is -2.57. The molecule has 3 aromatic rings. The van der Waals surface area contributed by atoms with E-state index in [1.807, 2.05) is 24.3 Å². The molecule has 1 heterocycles. The Kier molecular flexibility index (Phi) is 9.54. The third-order valence-corrected chi connectivity index (χ3v) is 5.82. The molecule has 0 aliphatic rings. The first-order valence-electron chi connectivity index (χ1n) is 11.9. The first kappa shape index (κ1) is 27.9. The predicted molar refractivity (Wildman–Crippen MR) is 138 cm³/mol. The number of primary amides is 1. The fourth-order valence-corrected chi connectivity index (χ4v) is 3.94. The maximum absolute atomic E-state index is 13.5. The number of hydrogen-bond acceptors (Lipinski definition) is 6. The summed E-state index contributed by atoms with van der Waals surface area (Å²) in [5, 5.41) is 17.3. The molecular formula is C26H30N6O6. The largest absolute Gasteiger partial charge is 0.480 e. The van der Waals surface area contributed by atoms with Gasteiger partial charge in [0.05, 0.1) is 12.5 Å². The molecule has 9 N–H and O–H groups in total. The molecule has 2 aromatic carbocycles. The van der Waals surface area contributed by atoms with Gasteiger partial charge < -0.3 is 37.5 Å². The van der Waals surface area contributed by atoms with Crippen LogP contribution in [-0.2, 0) is 36.8 Å². The van der Waals surface area contributed by atoms with Crippen LogP contribution in [0, 0.1) is 0 Å². The van der Waals surface area contributed by atoms with Crippen LogP contribution in [0.25, 0.3) is 10.9 Å². The van der Waals surface area contributed by atoms with E-state index in [4.69, 9.17) is 16.6 Å². The van der Waals surface area contributed by atoms with E-state index in [1.165, 1.54) is 0 Å². The average Bonchev–Trinajstić information content (AvgIpc) is 3.29. The minimum Gasteiger partial charge on any atom is -0.480 e. The van der Waals surface area contributed by atoms with Gasteiger partial charge in [0.1, 0.15) is 18.6 Å². The lowest BCUT2D eigenvalue weighted by molar-refractivity contribution is -0.138. The maximum Gasteiger partial charge on any atom is 0.322 e. The molecule has 3 unspecified atom stereocenters. The predicted octanol–water partition coefficient (Wildman–Crippen LogP) is -0.674. The van der Waals surface area contributed by atoms with E-state index in [9.17, 15) is 24.0 Å². The normalized spacial score (nSPS) is 13.2. The molecule has 0 fully saturated rings. The van der Waals surface area contributed by atoms with Crippen molar-refractivity contribution in [1.82, 2.24) is 20.9 Å². The van der Waals surface area contributed by atoms with Crippen molar-refractivity contribution in [2.75, 3.05) is 6.54 Å². The van der Waals surface area contributed by atoms with Crippen molar-refractivity contribution in [2.45, 2.75) is 37.4 Å². The number of H-pyrrole nitrogens is 1. The summed E-state index contributed by atoms with van der Waals surface area (Å²) in [5.41, 5.74) is 13.2. The molecule has 0 spiro atoms. The van der Waals surface area contributed by atoms with Crippen molar-refractivity contribution in [3.8, 4) is 0 Å². The SMILES string of the molecule is NC(=O)CC(N)C(=O)NC(Cc1c[nH]c2ccccc12)C(=O)NC(Cc1ccccc1)C(=O)NCC(=O)O. The van der Waals surface area contributed by atoms with Crippen molar-refractivity contribution in [3.63, 3.8) is 0 Å². The van der Waals surface area contributed by atoms with E-state index in [1.54, 1.807) is 36.5 Å². The van der Waals surface area contributed by atoms with Gasteiger partial charge in [-0.1, -0.05) is 48.5 Å². The van der Waals surface area contributed by atoms with E-state index in [2.05, 4.69) is 20.9 Å². The molecule has 0 saturated heterocycles. The number of nitrogens with one attached hydrogen (secondary N) is 4. The van der Waals surface area contributed by atoms with E-state index in [0.29, 0.717) is 0 Å². The van der Waals surface area contributed by atoms with E-state index < -0.39 is 60.7 Å². The van der Waals surface area contributed by atoms with Gasteiger partial charge in [-0.05, 0) is 17.2 Å². The highest BCUT2D eigenvalue weighted by Gasteiger charge is 2.29. The lowest BCUT2D eigenvalue weighted by atomic mass is 10.0. The molecule has 0 radical (unpaired) electrons. The number of para-hydroxylation sites is 1. The number of aliphatic carboxylic acids is 1. The Bertz CT molecular complexity index is 1310. The zero-order chi connectivity index (χ0) is 27.7. The molecule has 0 bridgehead atoms. The van der Waals surface area contributed by atoms with Crippen molar-refractivity contribution in [1.29, 1.82) is 0 Å². The Balaban J connectivity index is 1.85. The van der Waals surface area contributed by atoms with Gasteiger partial charge in [0.15, 0.2) is 0 Å². The monoisotopic (exact) mass is 522 g/mol. The molecule has 4 amide bonds. The molecule has 0 aliphatic heterocycles. The van der Waals surface area contributed by atoms with Crippen LogP contribution >= 0.6 is 0 Å². The summed E-state index contributed by atoms with van der Waals surface area (Å²) in [4.78, 5) is 64.3. The topological polar surface area (TPSA) is 209 Å². The van der Waals surface area contributed by atoms with Gasteiger partial charge >= 0.3 is 5.97 Å². The number of nitrogens with two attached hydrogens (primary N) is 2. The molecule has 12 nitrogen and oxygen atoms in total. The number of amides is 4. The van der Waals surface area contributed by atoms with E-state index in [0.717, 1.165) is 22.0 Å². The number of carbonyl (C=O) groups excluding carboxylic acids is 4. The zero-order valence-electron chi connectivity index (χ0n) is 20.5. The Morgan fingerprint density at radius 1 is 0.842 bits per heavy atom. The number of benzene rings is 2. The number of carboxylic acids is 1. The lowest BCUT2D eigenvalue weighted by Gasteiger charge is -2.24. The van der Waals surface area contributed by atoms with Crippen LogP contribution in [0.2, 0.25) is 0 Å². The second-order valence-corrected chi connectivity index (χ2v) is 8.76. The average molecular weight is 523 g/mol. The zero-order valence-corrected chi connectivity index (χ0v) is 20.5. The summed E-state index contributed by atoms with van der Waals surface area (Å²) in [6.45, 7) is -0.628. The number of hydrogen-bond donors (Lipinski definition) is 7. The molecule has 3 atom stereocenters. The number of aromatic amines is 1. The summed E-state index contributed by atoms with van der Waals surface area (Å²) in [5.74, 6) is -4.17. The highest BCUT2D eigenvalue weighted by Crippen LogP contribution is 2.19. The fraction of sp³-hybridized carbons (Fsp3) is 0.269. The van der Waals surface area contributed by atoms with Crippen LogP contribution in [-0.4, -0.2) is 64.4 Å². The van der Waals surface area contributed by atoms with Gasteiger partial charge in [0.25, 0.3) is 0 Å². The number of rotatable bonds is 13. The van der Waals surface area contributed by atoms with E-state index in [-0.39, 0.29) is 12.8 Å². The Morgan fingerprint density at radius 3 is 2.16 bits per heavy atom. The fourth-order valence-electron chi connectivity index (χ4n) is 3.94. The van der Waals surface area contributed by atoms with Gasteiger partial charge in [-0.2, -0.15) is 0 Å². The quantitative estimate of drug-likeness (QED) is 0.154. The standard InChI is InChI=1S/C26H30N6O6/c27-18(12-22(28)33)24(36)31-21(11-16-13-29-19-9-5-4-8-17(16)19)26(38)32-20(25(37)30-14-23(34)35)10-15-6-2-1-3-7-15/h1-9,13,18,20-21,29H,10-12,14,27H2,(H2,28,33)(H,30,37)(H,31,36)(H,32,38)(H,34,35). The summed E-state index contributed by atoms with van der Waals surface area (Å²) < 4.78 is 0. The molecule has 200 valence electrons. The van der Waals surface area contributed by atoms with Crippen LogP contribution in [0.1, 0.15) is 17.5 Å². The minimum absolute atomic E-state index is 0.0413. The van der Waals surface area contributed by atoms with Crippen LogP contribution < -0.4 is 27.4 Å². The van der Waals surface area contributed by atoms with Gasteiger partial charge in [0, 0.05) is 29.9 Å². The third-order valence-electron chi connectivity index (χ3n) is 5.82. The van der Waals surface area contributed by atoms with Crippen molar-refractivity contribution in [3.05, 3.63) is 71.9 Å². The highest BCUT2D eigenvalue weighted by molar-refractivity contribution is 5.95. The summed E-state index contributed by atoms with van der Waals surface area (Å²) in [6, 6.07) is 12.7. The van der Waals surface area contributed by atoms with Gasteiger partial charge in [-0.25, -0.2) is 0 Å². The van der Waals surface area contributed by atoms with Gasteiger partial charge in [-0.3, -0.25) is 24.0 Å². The van der Waals surface area contributed by atoms with Gasteiger partial charge in [0.2, 0.25) is 23.6 Å². The molecule has 38 heavy (non-hydrogen) atoms. The molecule has 3 rings (SSSR count). The first-order valence-corrected chi connectivity index (χ1v) is 11.9. The van der Waals surface area contributed by atoms with Crippen LogP contribution in [0.15, 0.2) is 60.8 Å². The van der Waals surface area contributed by atoms with Gasteiger partial charge in [-0.15, -0.1) is 0 Å². The molecule has 0 aliphatic carbocycles. The summed E-state index contributed by atoms with van der Waals surface area (Å²) >= 11 is 0. The van der Waals surface area contributed by atoms with Crippen LogP contribution in [0.4, 0.5) is 0 Å². The Labute approximate surface area is 218 Å². The van der Waals surface area contributed by atoms with Crippen LogP contribution in [0.5, 0.6) is 0 Å². The van der Waals surface area contributed by atoms with E-state index >= 15 is 0 Å². The number of carbonyl (C=O) groups is 5. The Morgan fingerprint density at radius 2 is 1.47 bits per heavy atom. The second-order valence-electron chi connectivity index (χ2n) is 8.76. The third kappa shape index (κ3) is 7.90. The summed E-state index contributed by atoms with van der Waals surface area (Å²) in [7, 11) is 0. The number of aromatic nitrogens is 1. The summed E-state index contributed by atoms with van der Waals surface area (Å²) in [6.07, 6.45) is 1.41. The molecular weight excluding hydrogens is 492 g/mol. The molecule has 12 heteroatoms. The number of fused-ring (bicyclic) bond motifs is 1. The van der Waals surface area contributed by atoms with Crippen LogP contribution in [0.3, 0.4) is 0 Å². The van der Waals surface area contributed by atoms with Crippen molar-refractivity contribution in [2.24, 2.45) is 11.5 Å². The molecule has 0 saturated carbocycles. The van der Waals surface area contributed by atoms with Crippen molar-refractivity contribution >= 4 is 40.5 Å². The highest BCUT2D eigenvalue weighted by atomic mass is 16.4. The second kappa shape index (κ2) is 13.0. The first-order chi connectivity index (χ1) is 18.1. The van der Waals surface area contributed by atoms with Crippen molar-refractivity contribution < 1.29 is 29.1 Å². The smallest absolute Gasteiger partial charge is 0.322 e. The molecule has 1 aromatic heterocycles. The Hall–Kier alpha value is -4.71. The number of carboxylic acid groups (broad SMARTS) is 1. The maximum atomic E-state index is 13.5. The minimum atomic E-state index is -1.27.